The van der Waals surface area contributed by atoms with E-state index >= 15 is 0 Å². The Balaban J connectivity index is 2.48. The van der Waals surface area contributed by atoms with Crippen molar-refractivity contribution < 1.29 is 9.47 Å². The van der Waals surface area contributed by atoms with Crippen LogP contribution in [-0.4, -0.2) is 25.7 Å². The lowest BCUT2D eigenvalue weighted by molar-refractivity contribution is 0.393. The zero-order valence-corrected chi connectivity index (χ0v) is 14.0. The summed E-state index contributed by atoms with van der Waals surface area (Å²) < 4.78 is 11.8. The SMILES string of the molecule is CCNC(c1ccc(Br)cn1)c1cc(OC)ccc1OC. The van der Waals surface area contributed by atoms with Crippen LogP contribution in [0.5, 0.6) is 11.5 Å². The van der Waals surface area contributed by atoms with Crippen molar-refractivity contribution in [1.29, 1.82) is 0 Å². The molecule has 0 aliphatic heterocycles. The predicted octanol–water partition coefficient (Wildman–Crippen LogP) is 3.56. The standard InChI is InChI=1S/C16H19BrN2O2/c1-4-18-16(14-7-5-11(17)10-19-14)13-9-12(20-2)6-8-15(13)21-3/h5-10,16,18H,4H2,1-3H3. The molecule has 0 amide bonds. The smallest absolute Gasteiger partial charge is 0.124 e. The number of methoxy groups -OCH3 is 2. The molecular weight excluding hydrogens is 332 g/mol. The van der Waals surface area contributed by atoms with E-state index in [-0.39, 0.29) is 6.04 Å². The van der Waals surface area contributed by atoms with Gasteiger partial charge in [0.2, 0.25) is 0 Å². The van der Waals surface area contributed by atoms with Crippen LogP contribution in [0, 0.1) is 0 Å². The van der Waals surface area contributed by atoms with Crippen molar-refractivity contribution in [3.63, 3.8) is 0 Å². The van der Waals surface area contributed by atoms with E-state index in [9.17, 15) is 0 Å². The van der Waals surface area contributed by atoms with Gasteiger partial charge in [-0.3, -0.25) is 4.98 Å². The molecule has 1 N–H and O–H groups in total. The molecule has 21 heavy (non-hydrogen) atoms. The summed E-state index contributed by atoms with van der Waals surface area (Å²) in [5.41, 5.74) is 1.94. The number of hydrogen-bond acceptors (Lipinski definition) is 4. The maximum Gasteiger partial charge on any atom is 0.124 e. The topological polar surface area (TPSA) is 43.4 Å². The van der Waals surface area contributed by atoms with E-state index < -0.39 is 0 Å². The maximum atomic E-state index is 5.48. The lowest BCUT2D eigenvalue weighted by Crippen LogP contribution is -2.23. The fourth-order valence-electron chi connectivity index (χ4n) is 2.20. The van der Waals surface area contributed by atoms with Gasteiger partial charge >= 0.3 is 0 Å². The number of hydrogen-bond donors (Lipinski definition) is 1. The molecular formula is C16H19BrN2O2. The average Bonchev–Trinajstić information content (AvgIpc) is 2.53. The lowest BCUT2D eigenvalue weighted by atomic mass is 10.0. The van der Waals surface area contributed by atoms with E-state index in [0.29, 0.717) is 0 Å². The van der Waals surface area contributed by atoms with Crippen LogP contribution in [0.4, 0.5) is 0 Å². The van der Waals surface area contributed by atoms with Gasteiger partial charge in [-0.25, -0.2) is 0 Å². The molecule has 112 valence electrons. The minimum absolute atomic E-state index is 0.0480. The van der Waals surface area contributed by atoms with Crippen LogP contribution in [0.1, 0.15) is 24.2 Å². The van der Waals surface area contributed by atoms with Gasteiger partial charge in [0.25, 0.3) is 0 Å². The van der Waals surface area contributed by atoms with Crippen LogP contribution < -0.4 is 14.8 Å². The summed E-state index contributed by atoms with van der Waals surface area (Å²) >= 11 is 3.41. The summed E-state index contributed by atoms with van der Waals surface area (Å²) in [6.07, 6.45) is 1.80. The Bertz CT molecular complexity index is 587. The zero-order chi connectivity index (χ0) is 15.2. The Kier molecular flexibility index (Phi) is 5.59. The zero-order valence-electron chi connectivity index (χ0n) is 12.4. The molecule has 0 aliphatic rings. The van der Waals surface area contributed by atoms with Crippen LogP contribution in [0.3, 0.4) is 0 Å². The first-order valence-corrected chi connectivity index (χ1v) is 7.55. The molecule has 1 unspecified atom stereocenters. The lowest BCUT2D eigenvalue weighted by Gasteiger charge is -2.21. The van der Waals surface area contributed by atoms with E-state index in [0.717, 1.165) is 33.8 Å². The highest BCUT2D eigenvalue weighted by atomic mass is 79.9. The van der Waals surface area contributed by atoms with Crippen molar-refractivity contribution in [2.24, 2.45) is 0 Å². The Morgan fingerprint density at radius 1 is 1.19 bits per heavy atom. The largest absolute Gasteiger partial charge is 0.497 e. The molecule has 0 radical (unpaired) electrons. The Morgan fingerprint density at radius 2 is 2.00 bits per heavy atom. The van der Waals surface area contributed by atoms with Gasteiger partial charge < -0.3 is 14.8 Å². The average molecular weight is 351 g/mol. The first-order chi connectivity index (χ1) is 10.2. The molecule has 0 spiro atoms. The van der Waals surface area contributed by atoms with Crippen LogP contribution >= 0.6 is 15.9 Å². The van der Waals surface area contributed by atoms with Gasteiger partial charge in [0.05, 0.1) is 26.0 Å². The highest BCUT2D eigenvalue weighted by molar-refractivity contribution is 9.10. The van der Waals surface area contributed by atoms with Crippen LogP contribution in [-0.2, 0) is 0 Å². The van der Waals surface area contributed by atoms with Gasteiger partial charge in [-0.2, -0.15) is 0 Å². The fourth-order valence-corrected chi connectivity index (χ4v) is 2.44. The molecule has 4 nitrogen and oxygen atoms in total. The summed E-state index contributed by atoms with van der Waals surface area (Å²) in [4.78, 5) is 4.50. The maximum absolute atomic E-state index is 5.48. The third kappa shape index (κ3) is 3.74. The Morgan fingerprint density at radius 3 is 2.57 bits per heavy atom. The van der Waals surface area contributed by atoms with Crippen molar-refractivity contribution in [2.45, 2.75) is 13.0 Å². The van der Waals surface area contributed by atoms with Crippen molar-refractivity contribution >= 4 is 15.9 Å². The highest BCUT2D eigenvalue weighted by Crippen LogP contribution is 2.32. The first-order valence-electron chi connectivity index (χ1n) is 6.76. The van der Waals surface area contributed by atoms with E-state index in [1.165, 1.54) is 0 Å². The van der Waals surface area contributed by atoms with Crippen molar-refractivity contribution in [3.8, 4) is 11.5 Å². The Hall–Kier alpha value is -1.59. The molecule has 1 heterocycles. The molecule has 2 rings (SSSR count). The second-order valence-corrected chi connectivity index (χ2v) is 5.42. The highest BCUT2D eigenvalue weighted by Gasteiger charge is 2.19. The first kappa shape index (κ1) is 15.8. The van der Waals surface area contributed by atoms with Crippen molar-refractivity contribution in [3.05, 3.63) is 52.3 Å². The predicted molar refractivity (Wildman–Crippen MR) is 87.0 cm³/mol. The number of nitrogens with zero attached hydrogens (tertiary/aromatic N) is 1. The quantitative estimate of drug-likeness (QED) is 0.864. The van der Waals surface area contributed by atoms with E-state index in [2.05, 4.69) is 33.2 Å². The number of rotatable bonds is 6. The van der Waals surface area contributed by atoms with E-state index in [1.54, 1.807) is 20.4 Å². The van der Waals surface area contributed by atoms with E-state index in [4.69, 9.17) is 9.47 Å². The normalized spacial score (nSPS) is 12.0. The number of benzene rings is 1. The minimum Gasteiger partial charge on any atom is -0.497 e. The fraction of sp³-hybridized carbons (Fsp3) is 0.312. The van der Waals surface area contributed by atoms with Gasteiger partial charge in [0.1, 0.15) is 11.5 Å². The molecule has 0 saturated carbocycles. The van der Waals surface area contributed by atoms with Crippen LogP contribution in [0.15, 0.2) is 41.0 Å². The van der Waals surface area contributed by atoms with Crippen LogP contribution in [0.25, 0.3) is 0 Å². The number of nitrogens with one attached hydrogen (secondary N) is 1. The molecule has 0 aliphatic carbocycles. The third-order valence-electron chi connectivity index (χ3n) is 3.20. The number of ether oxygens (including phenoxy) is 2. The summed E-state index contributed by atoms with van der Waals surface area (Å²) in [5, 5.41) is 3.45. The van der Waals surface area contributed by atoms with Crippen LogP contribution in [0.2, 0.25) is 0 Å². The summed E-state index contributed by atoms with van der Waals surface area (Å²) in [5.74, 6) is 1.61. The number of aromatic nitrogens is 1. The molecule has 1 atom stereocenters. The monoisotopic (exact) mass is 350 g/mol. The minimum atomic E-state index is -0.0480. The van der Waals surface area contributed by atoms with Gasteiger partial charge in [-0.15, -0.1) is 0 Å². The van der Waals surface area contributed by atoms with Gasteiger partial charge in [0, 0.05) is 16.2 Å². The summed E-state index contributed by atoms with van der Waals surface area (Å²) in [6, 6.07) is 9.72. The number of halogens is 1. The second kappa shape index (κ2) is 7.43. The summed E-state index contributed by atoms with van der Waals surface area (Å²) in [6.45, 7) is 2.89. The van der Waals surface area contributed by atoms with Crippen molar-refractivity contribution in [1.82, 2.24) is 10.3 Å². The van der Waals surface area contributed by atoms with Crippen molar-refractivity contribution in [2.75, 3.05) is 20.8 Å². The molecule has 0 bridgehead atoms. The Labute approximate surface area is 133 Å². The van der Waals surface area contributed by atoms with Gasteiger partial charge in [-0.1, -0.05) is 6.92 Å². The van der Waals surface area contributed by atoms with E-state index in [1.807, 2.05) is 30.3 Å². The molecule has 2 aromatic rings. The molecule has 0 saturated heterocycles. The second-order valence-electron chi connectivity index (χ2n) is 4.50. The third-order valence-corrected chi connectivity index (χ3v) is 3.67. The van der Waals surface area contributed by atoms with Gasteiger partial charge in [0.15, 0.2) is 0 Å². The molecule has 0 fully saturated rings. The number of pyridine rings is 1. The molecule has 1 aromatic carbocycles. The molecule has 5 heteroatoms. The molecule has 1 aromatic heterocycles. The summed E-state index contributed by atoms with van der Waals surface area (Å²) in [7, 11) is 3.33. The van der Waals surface area contributed by atoms with Gasteiger partial charge in [-0.05, 0) is 52.8 Å².